The van der Waals surface area contributed by atoms with E-state index >= 15 is 0 Å². The molecule has 142 valence electrons. The number of nitrogens with zero attached hydrogens (tertiary/aromatic N) is 1. The Balaban J connectivity index is 1.54. The molecule has 3 rings (SSSR count). The van der Waals surface area contributed by atoms with Crippen molar-refractivity contribution in [2.24, 2.45) is 11.3 Å². The van der Waals surface area contributed by atoms with Crippen LogP contribution in [-0.4, -0.2) is 40.8 Å². The Hall–Kier alpha value is -1.54. The largest absolute Gasteiger partial charge is 0.323 e. The van der Waals surface area contributed by atoms with Crippen molar-refractivity contribution in [2.45, 2.75) is 40.0 Å². The van der Waals surface area contributed by atoms with Gasteiger partial charge in [0.2, 0.25) is 0 Å². The van der Waals surface area contributed by atoms with Gasteiger partial charge < -0.3 is 4.90 Å². The van der Waals surface area contributed by atoms with Crippen LogP contribution >= 0.6 is 23.1 Å². The van der Waals surface area contributed by atoms with E-state index in [-0.39, 0.29) is 29.0 Å². The Morgan fingerprint density at radius 3 is 2.73 bits per heavy atom. The third kappa shape index (κ3) is 4.40. The van der Waals surface area contributed by atoms with Gasteiger partial charge in [-0.1, -0.05) is 32.5 Å². The molecule has 1 saturated heterocycles. The smallest absolute Gasteiger partial charge is 0.282 e. The maximum atomic E-state index is 12.3. The van der Waals surface area contributed by atoms with E-state index in [0.29, 0.717) is 23.1 Å². The van der Waals surface area contributed by atoms with Gasteiger partial charge in [0.25, 0.3) is 17.1 Å². The van der Waals surface area contributed by atoms with Crippen molar-refractivity contribution in [2.75, 3.05) is 18.8 Å². The number of carbonyl (C=O) groups excluding carboxylic acids is 3. The predicted octanol–water partition coefficient (Wildman–Crippen LogP) is 2.83. The summed E-state index contributed by atoms with van der Waals surface area (Å²) in [6, 6.07) is 1.96. The number of fused-ring (bicyclic) bond motifs is 1. The highest BCUT2D eigenvalue weighted by molar-refractivity contribution is 8.13. The van der Waals surface area contributed by atoms with Crippen LogP contribution in [0.5, 0.6) is 0 Å². The molecule has 0 spiro atoms. The van der Waals surface area contributed by atoms with Crippen molar-refractivity contribution in [1.29, 1.82) is 0 Å². The summed E-state index contributed by atoms with van der Waals surface area (Å²) >= 11 is 2.72. The molecule has 0 bridgehead atoms. The van der Waals surface area contributed by atoms with Crippen LogP contribution in [0.3, 0.4) is 0 Å². The lowest BCUT2D eigenvalue weighted by atomic mass is 9.72. The third-order valence-electron chi connectivity index (χ3n) is 5.03. The first kappa shape index (κ1) is 19.2. The fraction of sp³-hybridized carbons (Fsp3) is 0.611. The normalized spacial score (nSPS) is 20.0. The first-order valence-corrected chi connectivity index (χ1v) is 10.7. The summed E-state index contributed by atoms with van der Waals surface area (Å²) in [7, 11) is 0. The predicted molar refractivity (Wildman–Crippen MR) is 104 cm³/mol. The topological polar surface area (TPSA) is 78.5 Å². The highest BCUT2D eigenvalue weighted by Gasteiger charge is 2.30. The Morgan fingerprint density at radius 1 is 1.31 bits per heavy atom. The second kappa shape index (κ2) is 7.60. The lowest BCUT2D eigenvalue weighted by Crippen LogP contribution is -2.46. The van der Waals surface area contributed by atoms with E-state index in [0.717, 1.165) is 19.3 Å². The lowest BCUT2D eigenvalue weighted by molar-refractivity contribution is -0.122. The van der Waals surface area contributed by atoms with E-state index < -0.39 is 0 Å². The second-order valence-electron chi connectivity index (χ2n) is 7.90. The summed E-state index contributed by atoms with van der Waals surface area (Å²) in [6.45, 7) is 7.34. The van der Waals surface area contributed by atoms with E-state index in [1.54, 1.807) is 0 Å². The molecule has 0 aromatic carbocycles. The van der Waals surface area contributed by atoms with Gasteiger partial charge in [-0.15, -0.1) is 11.3 Å². The van der Waals surface area contributed by atoms with E-state index in [4.69, 9.17) is 0 Å². The number of thioether (sulfide) groups is 1. The first-order chi connectivity index (χ1) is 12.2. The summed E-state index contributed by atoms with van der Waals surface area (Å²) < 4.78 is 0. The molecule has 6 nitrogen and oxygen atoms in total. The van der Waals surface area contributed by atoms with Crippen LogP contribution in [0, 0.1) is 11.3 Å². The number of carbonyl (C=O) groups is 3. The van der Waals surface area contributed by atoms with Crippen molar-refractivity contribution in [3.05, 3.63) is 21.4 Å². The summed E-state index contributed by atoms with van der Waals surface area (Å²) in [5.74, 6) is 0.640. The van der Waals surface area contributed by atoms with E-state index in [1.807, 2.05) is 6.07 Å². The molecule has 0 radical (unpaired) electrons. The van der Waals surface area contributed by atoms with Crippen molar-refractivity contribution >= 4 is 40.2 Å². The number of aryl methyl sites for hydroxylation is 1. The molecule has 1 fully saturated rings. The van der Waals surface area contributed by atoms with Gasteiger partial charge in [-0.2, -0.15) is 0 Å². The van der Waals surface area contributed by atoms with Gasteiger partial charge in [-0.05, 0) is 42.2 Å². The van der Waals surface area contributed by atoms with Crippen LogP contribution in [0.1, 0.15) is 47.3 Å². The number of hydrazine groups is 1. The summed E-state index contributed by atoms with van der Waals surface area (Å²) in [5, 5.41) is -0.0918. The molecule has 1 aliphatic carbocycles. The van der Waals surface area contributed by atoms with Crippen molar-refractivity contribution < 1.29 is 14.4 Å². The number of amides is 3. The van der Waals surface area contributed by atoms with E-state index in [9.17, 15) is 14.4 Å². The van der Waals surface area contributed by atoms with Crippen LogP contribution in [-0.2, 0) is 17.6 Å². The van der Waals surface area contributed by atoms with Crippen molar-refractivity contribution in [3.63, 3.8) is 0 Å². The monoisotopic (exact) mass is 395 g/mol. The zero-order valence-corrected chi connectivity index (χ0v) is 17.0. The molecular weight excluding hydrogens is 370 g/mol. The summed E-state index contributed by atoms with van der Waals surface area (Å²) in [4.78, 5) is 39.1. The Labute approximate surface area is 162 Å². The highest BCUT2D eigenvalue weighted by atomic mass is 32.2. The maximum absolute atomic E-state index is 12.3. The quantitative estimate of drug-likeness (QED) is 0.772. The van der Waals surface area contributed by atoms with E-state index in [1.165, 1.54) is 38.4 Å². The lowest BCUT2D eigenvalue weighted by Gasteiger charge is -2.33. The van der Waals surface area contributed by atoms with Crippen LogP contribution < -0.4 is 10.9 Å². The Bertz CT molecular complexity index is 724. The fourth-order valence-corrected chi connectivity index (χ4v) is 5.27. The van der Waals surface area contributed by atoms with Crippen LogP contribution in [0.25, 0.3) is 0 Å². The van der Waals surface area contributed by atoms with Gasteiger partial charge in [-0.25, -0.2) is 0 Å². The fourth-order valence-electron chi connectivity index (χ4n) is 3.35. The molecule has 2 aliphatic rings. The molecule has 1 aromatic heterocycles. The molecule has 0 saturated carbocycles. The zero-order chi connectivity index (χ0) is 18.9. The zero-order valence-electron chi connectivity index (χ0n) is 15.4. The van der Waals surface area contributed by atoms with Gasteiger partial charge in [0.1, 0.15) is 6.54 Å². The molecule has 1 aliphatic heterocycles. The molecular formula is C18H25N3O3S2. The molecule has 3 amide bonds. The number of nitrogens with one attached hydrogen (secondary N) is 2. The third-order valence-corrected chi connectivity index (χ3v) is 7.15. The van der Waals surface area contributed by atoms with Crippen LogP contribution in [0.4, 0.5) is 4.79 Å². The molecule has 8 heteroatoms. The molecule has 1 aromatic rings. The molecule has 2 heterocycles. The van der Waals surface area contributed by atoms with Gasteiger partial charge in [0.05, 0.1) is 4.88 Å². The minimum atomic E-state index is -0.386. The molecule has 0 unspecified atom stereocenters. The molecule has 26 heavy (non-hydrogen) atoms. The number of hydrogen-bond acceptors (Lipinski definition) is 5. The standard InChI is InChI=1S/C18H25N3O3S2/c1-18(2,3)12-4-5-13-11(8-12)9-14(26-13)16(23)20-19-15(22)10-21-6-7-25-17(21)24/h9,12H,4-8,10H2,1-3H3,(H,19,22)(H,20,23)/t12-/m1/s1. The average molecular weight is 396 g/mol. The molecule has 1 atom stereocenters. The average Bonchev–Trinajstić information content (AvgIpc) is 3.17. The number of hydrogen-bond donors (Lipinski definition) is 2. The van der Waals surface area contributed by atoms with E-state index in [2.05, 4.69) is 31.6 Å². The van der Waals surface area contributed by atoms with Crippen LogP contribution in [0.2, 0.25) is 0 Å². The van der Waals surface area contributed by atoms with Gasteiger partial charge >= 0.3 is 0 Å². The van der Waals surface area contributed by atoms with Gasteiger partial charge in [0.15, 0.2) is 0 Å². The number of thiophene rings is 1. The first-order valence-electron chi connectivity index (χ1n) is 8.86. The molecule has 2 N–H and O–H groups in total. The Kier molecular flexibility index (Phi) is 5.62. The van der Waals surface area contributed by atoms with Crippen molar-refractivity contribution in [1.82, 2.24) is 15.8 Å². The minimum absolute atomic E-state index is 0.0275. The Morgan fingerprint density at radius 2 is 2.08 bits per heavy atom. The highest BCUT2D eigenvalue weighted by Crippen LogP contribution is 2.40. The van der Waals surface area contributed by atoms with Gasteiger partial charge in [-0.3, -0.25) is 25.2 Å². The minimum Gasteiger partial charge on any atom is -0.323 e. The summed E-state index contributed by atoms with van der Waals surface area (Å²) in [6.07, 6.45) is 3.16. The number of rotatable bonds is 3. The van der Waals surface area contributed by atoms with Crippen molar-refractivity contribution in [3.8, 4) is 0 Å². The second-order valence-corrected chi connectivity index (χ2v) is 10.1. The van der Waals surface area contributed by atoms with Gasteiger partial charge in [0, 0.05) is 17.2 Å². The SMILES string of the molecule is CC(C)(C)[C@@H]1CCc2sc(C(=O)NNC(=O)CN3CCSC3=O)cc2C1. The van der Waals surface area contributed by atoms with Crippen LogP contribution in [0.15, 0.2) is 6.07 Å². The summed E-state index contributed by atoms with van der Waals surface area (Å²) in [5.41, 5.74) is 6.40. The maximum Gasteiger partial charge on any atom is 0.282 e.